The van der Waals surface area contributed by atoms with Crippen LogP contribution in [0.4, 0.5) is 11.4 Å². The van der Waals surface area contributed by atoms with Crippen LogP contribution in [0.5, 0.6) is 0 Å². The number of nitrogens with two attached hydrogens (primary N) is 1. The molecular weight excluding hydrogens is 484 g/mol. The molecular formula is C28H34N6O2S. The third-order valence-electron chi connectivity index (χ3n) is 6.97. The molecule has 3 aromatic rings. The van der Waals surface area contributed by atoms with Gasteiger partial charge in [0.15, 0.2) is 5.16 Å². The largest absolute Gasteiger partial charge is 0.397 e. The van der Waals surface area contributed by atoms with Crippen LogP contribution < -0.4 is 21.9 Å². The first-order chi connectivity index (χ1) is 18.1. The molecule has 2 aliphatic rings. The van der Waals surface area contributed by atoms with Crippen molar-refractivity contribution < 1.29 is 4.79 Å². The highest BCUT2D eigenvalue weighted by Gasteiger charge is 2.29. The molecule has 0 bridgehead atoms. The fraction of sp³-hybridized carbons (Fsp3) is 0.393. The van der Waals surface area contributed by atoms with Gasteiger partial charge in [-0.05, 0) is 37.1 Å². The van der Waals surface area contributed by atoms with Crippen LogP contribution in [0.15, 0.2) is 64.5 Å². The van der Waals surface area contributed by atoms with Crippen LogP contribution in [-0.4, -0.2) is 51.8 Å². The molecule has 194 valence electrons. The number of thioether (sulfide) groups is 1. The fourth-order valence-electron chi connectivity index (χ4n) is 4.62. The first-order valence-corrected chi connectivity index (χ1v) is 13.9. The van der Waals surface area contributed by atoms with Gasteiger partial charge in [-0.3, -0.25) is 14.2 Å². The number of hydrogen-bond acceptors (Lipinski definition) is 7. The topological polar surface area (TPSA) is 105 Å². The SMILES string of the molecule is Nc1ccccc1-n1c(SC2CCC2)nc2c(c1=O)CN(C(=O)CCNCCNc1ccccc1)CC2. The van der Waals surface area contributed by atoms with Crippen LogP contribution in [0.1, 0.15) is 36.9 Å². The van der Waals surface area contributed by atoms with Gasteiger partial charge < -0.3 is 21.3 Å². The molecule has 2 heterocycles. The molecule has 1 aromatic heterocycles. The minimum Gasteiger partial charge on any atom is -0.397 e. The molecule has 5 rings (SSSR count). The number of rotatable bonds is 10. The number of fused-ring (bicyclic) bond motifs is 1. The van der Waals surface area contributed by atoms with E-state index in [-0.39, 0.29) is 18.0 Å². The minimum atomic E-state index is -0.118. The van der Waals surface area contributed by atoms with E-state index in [2.05, 4.69) is 10.6 Å². The number of para-hydroxylation sites is 3. The fourth-order valence-corrected chi connectivity index (χ4v) is 5.93. The lowest BCUT2D eigenvalue weighted by Crippen LogP contribution is -2.42. The van der Waals surface area contributed by atoms with Gasteiger partial charge in [0.2, 0.25) is 5.91 Å². The maximum Gasteiger partial charge on any atom is 0.264 e. The summed E-state index contributed by atoms with van der Waals surface area (Å²) in [4.78, 5) is 33.5. The van der Waals surface area contributed by atoms with E-state index in [1.54, 1.807) is 27.3 Å². The zero-order chi connectivity index (χ0) is 25.6. The van der Waals surface area contributed by atoms with E-state index in [1.807, 2.05) is 48.5 Å². The summed E-state index contributed by atoms with van der Waals surface area (Å²) < 4.78 is 1.66. The van der Waals surface area contributed by atoms with Gasteiger partial charge in [-0.15, -0.1) is 0 Å². The lowest BCUT2D eigenvalue weighted by atomic mass is 10.0. The Labute approximate surface area is 221 Å². The smallest absolute Gasteiger partial charge is 0.264 e. The molecule has 0 spiro atoms. The molecule has 0 atom stereocenters. The standard InChI is InChI=1S/C28H34N6O2S/c29-23-11-4-5-12-25(23)34-27(36)22-19-33(18-14-24(22)32-28(34)37-21-9-6-10-21)26(35)13-15-30-16-17-31-20-7-2-1-3-8-20/h1-5,7-8,11-12,21,30-31H,6,9-10,13-19,29H2. The van der Waals surface area contributed by atoms with E-state index in [0.717, 1.165) is 37.3 Å². The van der Waals surface area contributed by atoms with Crippen LogP contribution >= 0.6 is 11.8 Å². The zero-order valence-corrected chi connectivity index (χ0v) is 21.8. The number of amides is 1. The Hall–Kier alpha value is -3.30. The maximum absolute atomic E-state index is 13.8. The summed E-state index contributed by atoms with van der Waals surface area (Å²) >= 11 is 1.67. The van der Waals surface area contributed by atoms with Crippen molar-refractivity contribution in [1.29, 1.82) is 0 Å². The molecule has 2 aromatic carbocycles. The van der Waals surface area contributed by atoms with Crippen molar-refractivity contribution in [2.45, 2.75) is 49.1 Å². The van der Waals surface area contributed by atoms with Crippen LogP contribution in [0.25, 0.3) is 5.69 Å². The Morgan fingerprint density at radius 3 is 2.59 bits per heavy atom. The highest BCUT2D eigenvalue weighted by Crippen LogP contribution is 2.37. The second kappa shape index (κ2) is 11.8. The van der Waals surface area contributed by atoms with Gasteiger partial charge in [-0.25, -0.2) is 4.98 Å². The number of nitrogens with one attached hydrogen (secondary N) is 2. The number of anilines is 2. The molecule has 0 saturated heterocycles. The van der Waals surface area contributed by atoms with E-state index in [9.17, 15) is 9.59 Å². The van der Waals surface area contributed by atoms with Crippen molar-refractivity contribution in [2.75, 3.05) is 37.2 Å². The molecule has 1 saturated carbocycles. The highest BCUT2D eigenvalue weighted by atomic mass is 32.2. The highest BCUT2D eigenvalue weighted by molar-refractivity contribution is 7.99. The van der Waals surface area contributed by atoms with Crippen molar-refractivity contribution in [2.24, 2.45) is 0 Å². The van der Waals surface area contributed by atoms with Gasteiger partial charge in [0.25, 0.3) is 5.56 Å². The number of nitrogens with zero attached hydrogens (tertiary/aromatic N) is 3. The Morgan fingerprint density at radius 2 is 1.84 bits per heavy atom. The zero-order valence-electron chi connectivity index (χ0n) is 21.0. The molecule has 1 aliphatic carbocycles. The average Bonchev–Trinajstić information content (AvgIpc) is 2.89. The number of carbonyl (C=O) groups excluding carboxylic acids is 1. The Morgan fingerprint density at radius 1 is 1.05 bits per heavy atom. The molecule has 1 amide bonds. The van der Waals surface area contributed by atoms with Crippen LogP contribution in [0.3, 0.4) is 0 Å². The van der Waals surface area contributed by atoms with E-state index >= 15 is 0 Å². The van der Waals surface area contributed by atoms with E-state index in [4.69, 9.17) is 10.7 Å². The molecule has 9 heteroatoms. The molecule has 4 N–H and O–H groups in total. The summed E-state index contributed by atoms with van der Waals surface area (Å²) in [5.41, 5.74) is 9.84. The number of aromatic nitrogens is 2. The molecule has 37 heavy (non-hydrogen) atoms. The van der Waals surface area contributed by atoms with Crippen molar-refractivity contribution >= 4 is 29.0 Å². The lowest BCUT2D eigenvalue weighted by Gasteiger charge is -2.30. The second-order valence-electron chi connectivity index (χ2n) is 9.55. The van der Waals surface area contributed by atoms with Crippen LogP contribution in [-0.2, 0) is 17.8 Å². The van der Waals surface area contributed by atoms with Crippen LogP contribution in [0, 0.1) is 0 Å². The first-order valence-electron chi connectivity index (χ1n) is 13.0. The predicted molar refractivity (Wildman–Crippen MR) is 149 cm³/mol. The Bertz CT molecular complexity index is 1290. The van der Waals surface area contributed by atoms with Crippen molar-refractivity contribution in [3.63, 3.8) is 0 Å². The number of carbonyl (C=O) groups is 1. The van der Waals surface area contributed by atoms with E-state index in [1.165, 1.54) is 6.42 Å². The normalized spacial score (nSPS) is 15.2. The van der Waals surface area contributed by atoms with Gasteiger partial charge in [0, 0.05) is 50.0 Å². The van der Waals surface area contributed by atoms with Gasteiger partial charge in [0.05, 0.1) is 29.2 Å². The third-order valence-corrected chi connectivity index (χ3v) is 8.26. The third kappa shape index (κ3) is 5.99. The molecule has 1 fully saturated rings. The molecule has 1 aliphatic heterocycles. The summed E-state index contributed by atoms with van der Waals surface area (Å²) in [7, 11) is 0. The Kier molecular flexibility index (Phi) is 8.11. The van der Waals surface area contributed by atoms with Gasteiger partial charge in [0.1, 0.15) is 0 Å². The monoisotopic (exact) mass is 518 g/mol. The quantitative estimate of drug-likeness (QED) is 0.215. The van der Waals surface area contributed by atoms with Gasteiger partial charge >= 0.3 is 0 Å². The first kappa shape index (κ1) is 25.4. The summed E-state index contributed by atoms with van der Waals surface area (Å²) in [5.74, 6) is 0.0484. The van der Waals surface area contributed by atoms with Crippen molar-refractivity contribution in [3.05, 3.63) is 76.2 Å². The summed E-state index contributed by atoms with van der Waals surface area (Å²) in [6, 6.07) is 17.5. The number of nitrogen functional groups attached to an aromatic ring is 1. The van der Waals surface area contributed by atoms with Gasteiger partial charge in [-0.1, -0.05) is 48.5 Å². The predicted octanol–water partition coefficient (Wildman–Crippen LogP) is 3.44. The Balaban J connectivity index is 1.23. The maximum atomic E-state index is 13.8. The number of benzene rings is 2. The number of hydrogen-bond donors (Lipinski definition) is 3. The van der Waals surface area contributed by atoms with E-state index < -0.39 is 0 Å². The minimum absolute atomic E-state index is 0.0484. The lowest BCUT2D eigenvalue weighted by molar-refractivity contribution is -0.132. The molecule has 8 nitrogen and oxygen atoms in total. The second-order valence-corrected chi connectivity index (χ2v) is 10.8. The summed E-state index contributed by atoms with van der Waals surface area (Å²) in [6.07, 6.45) is 4.48. The average molecular weight is 519 g/mol. The van der Waals surface area contributed by atoms with Gasteiger partial charge in [-0.2, -0.15) is 0 Å². The van der Waals surface area contributed by atoms with Crippen LogP contribution in [0.2, 0.25) is 0 Å². The summed E-state index contributed by atoms with van der Waals surface area (Å²) in [6.45, 7) is 3.01. The van der Waals surface area contributed by atoms with Crippen molar-refractivity contribution in [1.82, 2.24) is 19.8 Å². The van der Waals surface area contributed by atoms with Crippen molar-refractivity contribution in [3.8, 4) is 5.69 Å². The molecule has 0 radical (unpaired) electrons. The van der Waals surface area contributed by atoms with E-state index in [0.29, 0.717) is 53.3 Å². The summed E-state index contributed by atoms with van der Waals surface area (Å²) in [5, 5.41) is 7.86. The molecule has 0 unspecified atom stereocenters.